The van der Waals surface area contributed by atoms with E-state index in [4.69, 9.17) is 19.6 Å². The molecule has 0 heterocycles. The zero-order chi connectivity index (χ0) is 9.28. The largest absolute Gasteiger partial charge is 0.368 e. The predicted molar refractivity (Wildman–Crippen MR) is 33.1 cm³/mol. The van der Waals surface area contributed by atoms with Crippen molar-refractivity contribution in [3.05, 3.63) is 0 Å². The van der Waals surface area contributed by atoms with Crippen LogP contribution in [0.15, 0.2) is 0 Å². The van der Waals surface area contributed by atoms with Crippen LogP contribution in [-0.2, 0) is 14.0 Å². The van der Waals surface area contributed by atoms with Gasteiger partial charge in [-0.25, -0.2) is 5.90 Å². The monoisotopic (exact) mass is 207 g/mol. The molecule has 0 aromatic rings. The minimum atomic E-state index is -5.01. The average molecular weight is 207 g/mol. The summed E-state index contributed by atoms with van der Waals surface area (Å²) in [6.45, 7) is 0. The van der Waals surface area contributed by atoms with Gasteiger partial charge in [0.25, 0.3) is 5.59 Å². The van der Waals surface area contributed by atoms with Crippen LogP contribution in [0.5, 0.6) is 0 Å². The van der Waals surface area contributed by atoms with Gasteiger partial charge in [0.05, 0.1) is 0 Å². The molecule has 0 rings (SSSR count). The minimum Gasteiger partial charge on any atom is -0.322 e. The van der Waals surface area contributed by atoms with E-state index in [0.717, 1.165) is 0 Å². The molecule has 6 N–H and O–H groups in total. The fourth-order valence-electron chi connectivity index (χ4n) is 0.355. The summed E-state index contributed by atoms with van der Waals surface area (Å²) in [6.07, 6.45) is 0. The van der Waals surface area contributed by atoms with E-state index in [1.165, 1.54) is 0 Å². The van der Waals surface area contributed by atoms with Crippen LogP contribution in [0.3, 0.4) is 0 Å². The Morgan fingerprint density at radius 2 is 1.36 bits per heavy atom. The minimum absolute atomic E-state index is 2.57. The van der Waals surface area contributed by atoms with Gasteiger partial charge in [0.15, 0.2) is 0 Å². The van der Waals surface area contributed by atoms with E-state index in [9.17, 15) is 9.13 Å². The summed E-state index contributed by atoms with van der Waals surface area (Å²) in [5.41, 5.74) is -2.57. The topological polar surface area (TPSA) is 150 Å². The SMILES string of the molecule is NOC(P(=O)(O)O)P(=O)(O)O. The Bertz CT molecular complexity index is 190. The van der Waals surface area contributed by atoms with Gasteiger partial charge in [-0.15, -0.1) is 0 Å². The molecule has 8 nitrogen and oxygen atoms in total. The second kappa shape index (κ2) is 3.30. The van der Waals surface area contributed by atoms with Crippen molar-refractivity contribution in [1.29, 1.82) is 0 Å². The van der Waals surface area contributed by atoms with E-state index in [2.05, 4.69) is 10.7 Å². The molecule has 0 atom stereocenters. The molecule has 10 heteroatoms. The molecule has 0 bridgehead atoms. The highest BCUT2D eigenvalue weighted by Gasteiger charge is 2.44. The molecule has 0 aliphatic heterocycles. The Labute approximate surface area is 61.2 Å². The summed E-state index contributed by atoms with van der Waals surface area (Å²) < 4.78 is 20.4. The van der Waals surface area contributed by atoms with Crippen LogP contribution in [0.2, 0.25) is 0 Å². The third-order valence-electron chi connectivity index (χ3n) is 0.697. The first-order chi connectivity index (χ1) is 4.69. The second-order valence-corrected chi connectivity index (χ2v) is 5.34. The summed E-state index contributed by atoms with van der Waals surface area (Å²) in [5.74, 6) is 4.26. The van der Waals surface area contributed by atoms with Crippen LogP contribution >= 0.6 is 15.2 Å². The molecule has 0 aliphatic rings. The van der Waals surface area contributed by atoms with Gasteiger partial charge in [-0.05, 0) is 0 Å². The first-order valence-electron chi connectivity index (χ1n) is 2.15. The molecule has 0 aromatic heterocycles. The zero-order valence-electron chi connectivity index (χ0n) is 5.06. The second-order valence-electron chi connectivity index (χ2n) is 1.64. The summed E-state index contributed by atoms with van der Waals surface area (Å²) in [5, 5.41) is 0. The lowest BCUT2D eigenvalue weighted by atomic mass is 11.6. The average Bonchev–Trinajstić information content (AvgIpc) is 1.56. The van der Waals surface area contributed by atoms with Gasteiger partial charge in [0, 0.05) is 0 Å². The van der Waals surface area contributed by atoms with Crippen molar-refractivity contribution < 1.29 is 33.5 Å². The Kier molecular flexibility index (Phi) is 3.37. The Morgan fingerprint density at radius 3 is 1.36 bits per heavy atom. The molecule has 0 spiro atoms. The van der Waals surface area contributed by atoms with Crippen molar-refractivity contribution in [2.75, 3.05) is 0 Å². The molecule has 0 unspecified atom stereocenters. The van der Waals surface area contributed by atoms with Gasteiger partial charge in [-0.1, -0.05) is 0 Å². The van der Waals surface area contributed by atoms with E-state index in [0.29, 0.717) is 0 Å². The Balaban J connectivity index is 4.72. The van der Waals surface area contributed by atoms with Gasteiger partial charge in [0.1, 0.15) is 0 Å². The molecular weight excluding hydrogens is 200 g/mol. The molecule has 0 fully saturated rings. The third-order valence-corrected chi connectivity index (χ3v) is 3.90. The molecule has 0 saturated carbocycles. The highest BCUT2D eigenvalue weighted by Crippen LogP contribution is 2.59. The summed E-state index contributed by atoms with van der Waals surface area (Å²) in [6, 6.07) is 0. The molecule has 0 amide bonds. The predicted octanol–water partition coefficient (Wildman–Crippen LogP) is -1.48. The molecule has 68 valence electrons. The number of nitrogens with two attached hydrogens (primary N) is 1. The smallest absolute Gasteiger partial charge is 0.322 e. The van der Waals surface area contributed by atoms with Gasteiger partial charge < -0.3 is 19.6 Å². The van der Waals surface area contributed by atoms with Crippen molar-refractivity contribution in [2.45, 2.75) is 5.59 Å². The maximum Gasteiger partial charge on any atom is 0.368 e. The van der Waals surface area contributed by atoms with Crippen LogP contribution in [0.25, 0.3) is 0 Å². The van der Waals surface area contributed by atoms with Gasteiger partial charge in [-0.2, -0.15) is 0 Å². The molecular formula is CH7NO7P2. The lowest BCUT2D eigenvalue weighted by Crippen LogP contribution is -2.17. The normalized spacial score (nSPS) is 14.0. The van der Waals surface area contributed by atoms with Crippen molar-refractivity contribution in [2.24, 2.45) is 5.90 Å². The summed E-state index contributed by atoms with van der Waals surface area (Å²) in [7, 11) is -10.0. The molecule has 0 saturated heterocycles. The van der Waals surface area contributed by atoms with Gasteiger partial charge >= 0.3 is 15.2 Å². The van der Waals surface area contributed by atoms with Crippen molar-refractivity contribution in [3.63, 3.8) is 0 Å². The van der Waals surface area contributed by atoms with Gasteiger partial charge in [-0.3, -0.25) is 14.0 Å². The van der Waals surface area contributed by atoms with Crippen molar-refractivity contribution in [3.8, 4) is 0 Å². The number of hydrogen-bond acceptors (Lipinski definition) is 4. The molecule has 0 aromatic carbocycles. The first-order valence-corrected chi connectivity index (χ1v) is 5.52. The van der Waals surface area contributed by atoms with Crippen LogP contribution in [0.1, 0.15) is 0 Å². The Hall–Kier alpha value is 0.220. The van der Waals surface area contributed by atoms with E-state index >= 15 is 0 Å². The third kappa shape index (κ3) is 3.42. The quantitative estimate of drug-likeness (QED) is 0.277. The molecule has 0 aliphatic carbocycles. The first kappa shape index (κ1) is 11.2. The van der Waals surface area contributed by atoms with Crippen molar-refractivity contribution in [1.82, 2.24) is 0 Å². The molecule has 11 heavy (non-hydrogen) atoms. The van der Waals surface area contributed by atoms with E-state index in [1.54, 1.807) is 0 Å². The van der Waals surface area contributed by atoms with Crippen molar-refractivity contribution >= 4 is 15.2 Å². The lowest BCUT2D eigenvalue weighted by molar-refractivity contribution is 0.114. The lowest BCUT2D eigenvalue weighted by Gasteiger charge is -2.16. The highest BCUT2D eigenvalue weighted by molar-refractivity contribution is 7.70. The number of hydrogen-bond donors (Lipinski definition) is 5. The number of rotatable bonds is 3. The fourth-order valence-corrected chi connectivity index (χ4v) is 2.24. The summed E-state index contributed by atoms with van der Waals surface area (Å²) in [4.78, 5) is 36.4. The van der Waals surface area contributed by atoms with Crippen LogP contribution < -0.4 is 5.90 Å². The Morgan fingerprint density at radius 1 is 1.09 bits per heavy atom. The maximum absolute atomic E-state index is 10.2. The maximum atomic E-state index is 10.2. The van der Waals surface area contributed by atoms with Gasteiger partial charge in [0.2, 0.25) is 0 Å². The standard InChI is InChI=1S/CH7NO7P2/c2-9-1(10(3,4)5)11(6,7)8/h1H,2H2,(H2,3,4,5)(H2,6,7,8). The van der Waals surface area contributed by atoms with E-state index in [-0.39, 0.29) is 0 Å². The van der Waals surface area contributed by atoms with Crippen LogP contribution in [0.4, 0.5) is 0 Å². The molecule has 0 radical (unpaired) electrons. The zero-order valence-corrected chi connectivity index (χ0v) is 6.85. The highest BCUT2D eigenvalue weighted by atomic mass is 31.2. The van der Waals surface area contributed by atoms with Crippen LogP contribution in [0, 0.1) is 0 Å². The van der Waals surface area contributed by atoms with E-state index < -0.39 is 20.8 Å². The van der Waals surface area contributed by atoms with Crippen LogP contribution in [-0.4, -0.2) is 25.2 Å². The van der Waals surface area contributed by atoms with E-state index in [1.807, 2.05) is 0 Å². The summed E-state index contributed by atoms with van der Waals surface area (Å²) >= 11 is 0. The fraction of sp³-hybridized carbons (Fsp3) is 1.00.